The van der Waals surface area contributed by atoms with Gasteiger partial charge in [0, 0.05) is 44.6 Å². The molecule has 1 saturated carbocycles. The summed E-state index contributed by atoms with van der Waals surface area (Å²) in [5, 5.41) is 8.21. The summed E-state index contributed by atoms with van der Waals surface area (Å²) in [6.45, 7) is 2.03. The minimum absolute atomic E-state index is 0.512. The van der Waals surface area contributed by atoms with E-state index >= 15 is 0 Å². The molecule has 106 valence electrons. The van der Waals surface area contributed by atoms with Crippen LogP contribution in [0.2, 0.25) is 0 Å². The first-order valence-electron chi connectivity index (χ1n) is 7.47. The van der Waals surface area contributed by atoms with Gasteiger partial charge >= 0.3 is 0 Å². The lowest BCUT2D eigenvalue weighted by atomic mass is 9.92. The fraction of sp³-hybridized carbons (Fsp3) is 0.800. The Morgan fingerprint density at radius 2 is 2.37 bits per heavy atom. The number of ether oxygens (including phenoxy) is 1. The molecule has 0 saturated heterocycles. The lowest BCUT2D eigenvalue weighted by Gasteiger charge is -2.26. The molecular weight excluding hydrogens is 238 g/mol. The van der Waals surface area contributed by atoms with Crippen LogP contribution in [0.3, 0.4) is 0 Å². The molecule has 3 rings (SSSR count). The Morgan fingerprint density at radius 1 is 1.53 bits per heavy atom. The fourth-order valence-electron chi connectivity index (χ4n) is 3.27. The molecule has 0 aliphatic heterocycles. The maximum atomic E-state index is 5.23. The van der Waals surface area contributed by atoms with Crippen molar-refractivity contribution in [1.29, 1.82) is 0 Å². The van der Waals surface area contributed by atoms with E-state index in [2.05, 4.69) is 23.7 Å². The maximum Gasteiger partial charge on any atom is 0.0540 e. The van der Waals surface area contributed by atoms with Gasteiger partial charge in [0.05, 0.1) is 6.20 Å². The molecule has 1 aromatic rings. The Balaban J connectivity index is 1.59. The van der Waals surface area contributed by atoms with E-state index in [1.807, 2.05) is 4.68 Å². The highest BCUT2D eigenvalue weighted by atomic mass is 16.5. The molecule has 4 nitrogen and oxygen atoms in total. The maximum absolute atomic E-state index is 5.23. The van der Waals surface area contributed by atoms with Gasteiger partial charge in [-0.2, -0.15) is 5.10 Å². The number of nitrogens with one attached hydrogen (secondary N) is 1. The zero-order chi connectivity index (χ0) is 13.3. The molecule has 2 aliphatic rings. The van der Waals surface area contributed by atoms with Gasteiger partial charge in [-0.15, -0.1) is 0 Å². The normalized spacial score (nSPS) is 24.2. The lowest BCUT2D eigenvalue weighted by Crippen LogP contribution is -2.31. The van der Waals surface area contributed by atoms with Crippen LogP contribution in [0.1, 0.15) is 49.4 Å². The van der Waals surface area contributed by atoms with E-state index in [-0.39, 0.29) is 0 Å². The smallest absolute Gasteiger partial charge is 0.0540 e. The van der Waals surface area contributed by atoms with Gasteiger partial charge in [-0.3, -0.25) is 4.68 Å². The van der Waals surface area contributed by atoms with E-state index in [4.69, 9.17) is 4.74 Å². The minimum atomic E-state index is 0.512. The summed E-state index contributed by atoms with van der Waals surface area (Å²) in [6.07, 6.45) is 9.67. The highest BCUT2D eigenvalue weighted by Crippen LogP contribution is 2.48. The van der Waals surface area contributed by atoms with Gasteiger partial charge in [-0.1, -0.05) is 0 Å². The summed E-state index contributed by atoms with van der Waals surface area (Å²) in [6, 6.07) is 0.512. The molecule has 0 radical (unpaired) electrons. The van der Waals surface area contributed by atoms with Crippen molar-refractivity contribution in [3.63, 3.8) is 0 Å². The van der Waals surface area contributed by atoms with Crippen LogP contribution in [0.5, 0.6) is 0 Å². The molecule has 2 aliphatic carbocycles. The number of aromatic nitrogens is 2. The number of fused-ring (bicyclic) bond motifs is 1. The molecule has 4 heteroatoms. The predicted octanol–water partition coefficient (Wildman–Crippen LogP) is 2.20. The second kappa shape index (κ2) is 5.25. The van der Waals surface area contributed by atoms with E-state index < -0.39 is 0 Å². The fourth-order valence-corrected chi connectivity index (χ4v) is 3.27. The first-order chi connectivity index (χ1) is 9.24. The Hall–Kier alpha value is -0.870. The van der Waals surface area contributed by atoms with Crippen molar-refractivity contribution in [3.8, 4) is 0 Å². The quantitative estimate of drug-likeness (QED) is 0.855. The van der Waals surface area contributed by atoms with Crippen LogP contribution in [-0.4, -0.2) is 30.0 Å². The van der Waals surface area contributed by atoms with Gasteiger partial charge < -0.3 is 10.1 Å². The number of hydrogen-bond acceptors (Lipinski definition) is 3. The second-order valence-electron chi connectivity index (χ2n) is 6.24. The zero-order valence-corrected chi connectivity index (χ0v) is 12.1. The summed E-state index contributed by atoms with van der Waals surface area (Å²) in [4.78, 5) is 0. The number of hydrogen-bond donors (Lipinski definition) is 1. The largest absolute Gasteiger partial charge is 0.385 e. The molecule has 0 spiro atoms. The Morgan fingerprint density at radius 3 is 3.11 bits per heavy atom. The van der Waals surface area contributed by atoms with Crippen molar-refractivity contribution in [2.45, 2.75) is 44.6 Å². The topological polar surface area (TPSA) is 39.1 Å². The van der Waals surface area contributed by atoms with E-state index in [0.29, 0.717) is 11.5 Å². The van der Waals surface area contributed by atoms with Crippen LogP contribution in [-0.2, 0) is 18.2 Å². The molecule has 1 N–H and O–H groups in total. The Bertz CT molecular complexity index is 437. The highest BCUT2D eigenvalue weighted by Gasteiger charge is 2.42. The third-order valence-electron chi connectivity index (χ3n) is 4.89. The number of methoxy groups -OCH3 is 1. The van der Waals surface area contributed by atoms with Gasteiger partial charge in [-0.05, 0) is 43.9 Å². The molecule has 0 bridgehead atoms. The van der Waals surface area contributed by atoms with Gasteiger partial charge in [0.2, 0.25) is 0 Å². The molecule has 0 aromatic carbocycles. The molecule has 0 amide bonds. The zero-order valence-electron chi connectivity index (χ0n) is 12.1. The van der Waals surface area contributed by atoms with E-state index in [1.54, 1.807) is 7.11 Å². The molecule has 1 heterocycles. The average Bonchev–Trinajstić information content (AvgIpc) is 3.11. The van der Waals surface area contributed by atoms with E-state index in [9.17, 15) is 0 Å². The monoisotopic (exact) mass is 263 g/mol. The molecule has 1 atom stereocenters. The van der Waals surface area contributed by atoms with Crippen molar-refractivity contribution in [2.75, 3.05) is 20.3 Å². The second-order valence-corrected chi connectivity index (χ2v) is 6.24. The van der Waals surface area contributed by atoms with Crippen molar-refractivity contribution in [2.24, 2.45) is 12.5 Å². The number of nitrogens with zero attached hydrogens (tertiary/aromatic N) is 2. The lowest BCUT2D eigenvalue weighted by molar-refractivity contribution is 0.169. The number of rotatable bonds is 6. The molecule has 1 fully saturated rings. The van der Waals surface area contributed by atoms with Gasteiger partial charge in [-0.25, -0.2) is 0 Å². The first kappa shape index (κ1) is 13.1. The average molecular weight is 263 g/mol. The summed E-state index contributed by atoms with van der Waals surface area (Å²) in [7, 11) is 3.86. The third kappa shape index (κ3) is 2.70. The summed E-state index contributed by atoms with van der Waals surface area (Å²) < 4.78 is 7.27. The third-order valence-corrected chi connectivity index (χ3v) is 4.89. The van der Waals surface area contributed by atoms with E-state index in [1.165, 1.54) is 49.8 Å². The van der Waals surface area contributed by atoms with Crippen LogP contribution in [0.4, 0.5) is 0 Å². The minimum Gasteiger partial charge on any atom is -0.385 e. The van der Waals surface area contributed by atoms with Crippen molar-refractivity contribution in [1.82, 2.24) is 15.1 Å². The summed E-state index contributed by atoms with van der Waals surface area (Å²) >= 11 is 0. The highest BCUT2D eigenvalue weighted by molar-refractivity contribution is 5.24. The number of aryl methyl sites for hydroxylation is 1. The van der Waals surface area contributed by atoms with E-state index in [0.717, 1.165) is 13.2 Å². The SMILES string of the molecule is COCCC1(CNC2CCCc3c2cnn3C)CC1. The first-order valence-corrected chi connectivity index (χ1v) is 7.47. The summed E-state index contributed by atoms with van der Waals surface area (Å²) in [5.74, 6) is 0. The molecule has 1 aromatic heterocycles. The Labute approximate surface area is 115 Å². The van der Waals surface area contributed by atoms with Crippen LogP contribution in [0.15, 0.2) is 6.20 Å². The van der Waals surface area contributed by atoms with Crippen LogP contribution in [0.25, 0.3) is 0 Å². The van der Waals surface area contributed by atoms with Crippen molar-refractivity contribution in [3.05, 3.63) is 17.5 Å². The predicted molar refractivity (Wildman–Crippen MR) is 75.0 cm³/mol. The van der Waals surface area contributed by atoms with Crippen LogP contribution >= 0.6 is 0 Å². The molecule has 19 heavy (non-hydrogen) atoms. The Kier molecular flexibility index (Phi) is 3.63. The van der Waals surface area contributed by atoms with Gasteiger partial charge in [0.25, 0.3) is 0 Å². The van der Waals surface area contributed by atoms with Crippen molar-refractivity contribution < 1.29 is 4.74 Å². The van der Waals surface area contributed by atoms with Gasteiger partial charge in [0.15, 0.2) is 0 Å². The van der Waals surface area contributed by atoms with Crippen LogP contribution in [0, 0.1) is 5.41 Å². The standard InChI is InChI=1S/C15H25N3O/c1-18-14-5-3-4-13(12(14)10-17-18)16-11-15(6-7-15)8-9-19-2/h10,13,16H,3-9,11H2,1-2H3. The van der Waals surface area contributed by atoms with Crippen LogP contribution < -0.4 is 5.32 Å². The molecular formula is C15H25N3O. The molecule has 1 unspecified atom stereocenters. The summed E-state index contributed by atoms with van der Waals surface area (Å²) in [5.41, 5.74) is 3.37. The van der Waals surface area contributed by atoms with Crippen molar-refractivity contribution >= 4 is 0 Å². The van der Waals surface area contributed by atoms with Gasteiger partial charge in [0.1, 0.15) is 0 Å².